The normalized spacial score (nSPS) is 11.4. The molecule has 0 saturated carbocycles. The van der Waals surface area contributed by atoms with Gasteiger partial charge < -0.3 is 15.7 Å². The molecule has 17 heavy (non-hydrogen) atoms. The predicted octanol–water partition coefficient (Wildman–Crippen LogP) is 1.21. The number of aromatic nitrogens is 2. The Morgan fingerprint density at radius 1 is 1.53 bits per heavy atom. The number of nitrogens with two attached hydrogens (primary N) is 1. The highest BCUT2D eigenvalue weighted by Crippen LogP contribution is 2.11. The molecule has 0 saturated heterocycles. The van der Waals surface area contributed by atoms with Crippen molar-refractivity contribution < 1.29 is 9.94 Å². The summed E-state index contributed by atoms with van der Waals surface area (Å²) >= 11 is 1.59. The average molecular weight is 250 g/mol. The largest absolute Gasteiger partial charge is 0.458 e. The standard InChI is InChI=1S/C10H10N4O2S/c11-9(14-15)8-3-4-12-10(13-8)16-6-7-2-1-5-17-7/h1-5,15H,6H2,(H2,11,14). The number of ether oxygens (including phenoxy) is 1. The van der Waals surface area contributed by atoms with E-state index in [9.17, 15) is 0 Å². The van der Waals surface area contributed by atoms with Crippen molar-refractivity contribution in [2.75, 3.05) is 0 Å². The number of hydrogen-bond donors (Lipinski definition) is 2. The van der Waals surface area contributed by atoms with Crippen molar-refractivity contribution in [1.29, 1.82) is 0 Å². The summed E-state index contributed by atoms with van der Waals surface area (Å²) < 4.78 is 5.38. The minimum absolute atomic E-state index is 0.0756. The van der Waals surface area contributed by atoms with Gasteiger partial charge in [0.1, 0.15) is 12.3 Å². The lowest BCUT2D eigenvalue weighted by Gasteiger charge is -2.03. The van der Waals surface area contributed by atoms with Gasteiger partial charge in [0.05, 0.1) is 0 Å². The molecule has 0 aliphatic carbocycles. The maximum absolute atomic E-state index is 8.52. The second-order valence-electron chi connectivity index (χ2n) is 3.08. The van der Waals surface area contributed by atoms with Gasteiger partial charge in [-0.2, -0.15) is 4.98 Å². The Kier molecular flexibility index (Phi) is 3.51. The highest BCUT2D eigenvalue weighted by molar-refractivity contribution is 7.09. The molecule has 2 aromatic rings. The van der Waals surface area contributed by atoms with Gasteiger partial charge in [0, 0.05) is 11.1 Å². The minimum Gasteiger partial charge on any atom is -0.458 e. The summed E-state index contributed by atoms with van der Waals surface area (Å²) in [5.41, 5.74) is 5.73. The topological polar surface area (TPSA) is 93.6 Å². The highest BCUT2D eigenvalue weighted by Gasteiger charge is 2.04. The highest BCUT2D eigenvalue weighted by atomic mass is 32.1. The van der Waals surface area contributed by atoms with Crippen LogP contribution >= 0.6 is 11.3 Å². The molecule has 0 amide bonds. The predicted molar refractivity (Wildman–Crippen MR) is 63.2 cm³/mol. The average Bonchev–Trinajstić information content (AvgIpc) is 2.89. The third-order valence-electron chi connectivity index (χ3n) is 1.93. The maximum atomic E-state index is 8.52. The number of amidine groups is 1. The number of rotatable bonds is 4. The molecule has 0 spiro atoms. The van der Waals surface area contributed by atoms with Crippen LogP contribution in [0.3, 0.4) is 0 Å². The Labute approximate surface area is 101 Å². The van der Waals surface area contributed by atoms with E-state index in [2.05, 4.69) is 15.1 Å². The molecule has 6 nitrogen and oxygen atoms in total. The zero-order valence-electron chi connectivity index (χ0n) is 8.78. The van der Waals surface area contributed by atoms with Crippen LogP contribution in [0.15, 0.2) is 34.9 Å². The lowest BCUT2D eigenvalue weighted by atomic mass is 10.4. The van der Waals surface area contributed by atoms with Crippen LogP contribution in [0, 0.1) is 0 Å². The first-order valence-electron chi connectivity index (χ1n) is 4.75. The van der Waals surface area contributed by atoms with Crippen molar-refractivity contribution in [2.24, 2.45) is 10.9 Å². The Bertz CT molecular complexity index is 513. The molecule has 0 fully saturated rings. The monoisotopic (exact) mass is 250 g/mol. The molecule has 2 heterocycles. The fraction of sp³-hybridized carbons (Fsp3) is 0.100. The Hall–Kier alpha value is -2.15. The minimum atomic E-state index is -0.0756. The van der Waals surface area contributed by atoms with Gasteiger partial charge in [-0.3, -0.25) is 0 Å². The quantitative estimate of drug-likeness (QED) is 0.368. The summed E-state index contributed by atoms with van der Waals surface area (Å²) in [6.45, 7) is 0.400. The van der Waals surface area contributed by atoms with Crippen molar-refractivity contribution in [3.8, 4) is 6.01 Å². The van der Waals surface area contributed by atoms with Crippen LogP contribution in [-0.2, 0) is 6.61 Å². The van der Waals surface area contributed by atoms with Crippen LogP contribution in [0.25, 0.3) is 0 Å². The molecule has 0 aliphatic rings. The number of oxime groups is 1. The zero-order chi connectivity index (χ0) is 12.1. The Morgan fingerprint density at radius 3 is 3.12 bits per heavy atom. The molecule has 0 bridgehead atoms. The maximum Gasteiger partial charge on any atom is 0.317 e. The van der Waals surface area contributed by atoms with Crippen LogP contribution in [0.2, 0.25) is 0 Å². The van der Waals surface area contributed by atoms with Gasteiger partial charge >= 0.3 is 6.01 Å². The first-order chi connectivity index (χ1) is 8.29. The lowest BCUT2D eigenvalue weighted by Crippen LogP contribution is -2.15. The van der Waals surface area contributed by atoms with Crippen molar-refractivity contribution in [3.05, 3.63) is 40.3 Å². The molecule has 0 radical (unpaired) electrons. The van der Waals surface area contributed by atoms with Gasteiger partial charge in [-0.25, -0.2) is 4.98 Å². The lowest BCUT2D eigenvalue weighted by molar-refractivity contribution is 0.283. The van der Waals surface area contributed by atoms with E-state index in [1.54, 1.807) is 11.3 Å². The second-order valence-corrected chi connectivity index (χ2v) is 4.11. The smallest absolute Gasteiger partial charge is 0.317 e. The summed E-state index contributed by atoms with van der Waals surface area (Å²) in [5.74, 6) is -0.0756. The van der Waals surface area contributed by atoms with E-state index in [4.69, 9.17) is 15.7 Å². The fourth-order valence-electron chi connectivity index (χ4n) is 1.13. The van der Waals surface area contributed by atoms with Crippen molar-refractivity contribution in [3.63, 3.8) is 0 Å². The fourth-order valence-corrected chi connectivity index (χ4v) is 1.75. The van der Waals surface area contributed by atoms with Crippen LogP contribution in [-0.4, -0.2) is 21.0 Å². The van der Waals surface area contributed by atoms with E-state index in [0.717, 1.165) is 4.88 Å². The summed E-state index contributed by atoms with van der Waals surface area (Å²) in [6.07, 6.45) is 1.49. The van der Waals surface area contributed by atoms with Crippen LogP contribution in [0.1, 0.15) is 10.6 Å². The van der Waals surface area contributed by atoms with Crippen LogP contribution in [0.4, 0.5) is 0 Å². The Balaban J connectivity index is 2.06. The Morgan fingerprint density at radius 2 is 2.41 bits per heavy atom. The molecule has 7 heteroatoms. The van der Waals surface area contributed by atoms with Gasteiger partial charge in [0.25, 0.3) is 0 Å². The van der Waals surface area contributed by atoms with Gasteiger partial charge in [-0.1, -0.05) is 11.2 Å². The van der Waals surface area contributed by atoms with E-state index in [-0.39, 0.29) is 11.8 Å². The van der Waals surface area contributed by atoms with Crippen LogP contribution in [0.5, 0.6) is 6.01 Å². The molecule has 3 N–H and O–H groups in total. The first-order valence-corrected chi connectivity index (χ1v) is 5.63. The van der Waals surface area contributed by atoms with Crippen molar-refractivity contribution in [1.82, 2.24) is 9.97 Å². The summed E-state index contributed by atoms with van der Waals surface area (Å²) in [5, 5.41) is 13.3. The molecule has 0 atom stereocenters. The molecule has 0 aromatic carbocycles. The third-order valence-corrected chi connectivity index (χ3v) is 2.78. The summed E-state index contributed by atoms with van der Waals surface area (Å²) in [7, 11) is 0. The van der Waals surface area contributed by atoms with Crippen LogP contribution < -0.4 is 10.5 Å². The molecule has 0 unspecified atom stereocenters. The summed E-state index contributed by atoms with van der Waals surface area (Å²) in [4.78, 5) is 9.01. The molecular formula is C10H10N4O2S. The molecule has 0 aliphatic heterocycles. The third kappa shape index (κ3) is 2.91. The first kappa shape index (κ1) is 11.3. The van der Waals surface area contributed by atoms with E-state index in [0.29, 0.717) is 12.3 Å². The molecule has 2 aromatic heterocycles. The van der Waals surface area contributed by atoms with Crippen molar-refractivity contribution >= 4 is 17.2 Å². The molecule has 88 valence electrons. The van der Waals surface area contributed by atoms with E-state index >= 15 is 0 Å². The second kappa shape index (κ2) is 5.26. The van der Waals surface area contributed by atoms with Gasteiger partial charge in [0.2, 0.25) is 0 Å². The molecular weight excluding hydrogens is 240 g/mol. The van der Waals surface area contributed by atoms with Crippen molar-refractivity contribution in [2.45, 2.75) is 6.61 Å². The SMILES string of the molecule is N/C(=N/O)c1ccnc(OCc2cccs2)n1. The van der Waals surface area contributed by atoms with Gasteiger partial charge in [0.15, 0.2) is 5.84 Å². The number of hydrogen-bond acceptors (Lipinski definition) is 6. The van der Waals surface area contributed by atoms with Gasteiger partial charge in [-0.15, -0.1) is 11.3 Å². The van der Waals surface area contributed by atoms with E-state index in [1.165, 1.54) is 12.3 Å². The number of thiophene rings is 1. The summed E-state index contributed by atoms with van der Waals surface area (Å²) in [6, 6.07) is 5.63. The van der Waals surface area contributed by atoms with E-state index in [1.807, 2.05) is 17.5 Å². The van der Waals surface area contributed by atoms with E-state index < -0.39 is 0 Å². The van der Waals surface area contributed by atoms with Gasteiger partial charge in [-0.05, 0) is 17.5 Å². The number of nitrogens with zero attached hydrogens (tertiary/aromatic N) is 3. The molecule has 2 rings (SSSR count). The zero-order valence-corrected chi connectivity index (χ0v) is 9.59.